The van der Waals surface area contributed by atoms with E-state index in [0.29, 0.717) is 30.1 Å². The molecule has 1 aromatic heterocycles. The van der Waals surface area contributed by atoms with E-state index < -0.39 is 0 Å². The molecule has 1 heterocycles. The van der Waals surface area contributed by atoms with E-state index in [9.17, 15) is 4.79 Å². The molecule has 0 aliphatic carbocycles. The van der Waals surface area contributed by atoms with Gasteiger partial charge in [0.2, 0.25) is 5.91 Å². The monoisotopic (exact) mass is 292 g/mol. The van der Waals surface area contributed by atoms with Gasteiger partial charge in [0.25, 0.3) is 0 Å². The standard InChI is InChI=1S/C14H17ClN4O/c1-10-12(16)4-2-5-13(10)18-14(20)6-3-7-19-9-11(15)8-17-19/h2,4-5,8-9H,3,6-7,16H2,1H3,(H,18,20). The number of carbonyl (C=O) groups excluding carboxylic acids is 1. The Balaban J connectivity index is 1.82. The smallest absolute Gasteiger partial charge is 0.224 e. The van der Waals surface area contributed by atoms with Crippen LogP contribution in [0.15, 0.2) is 30.6 Å². The Hall–Kier alpha value is -2.01. The lowest BCUT2D eigenvalue weighted by Crippen LogP contribution is -2.13. The molecule has 3 N–H and O–H groups in total. The number of rotatable bonds is 5. The quantitative estimate of drug-likeness (QED) is 0.832. The van der Waals surface area contributed by atoms with Gasteiger partial charge in [-0.2, -0.15) is 5.10 Å². The van der Waals surface area contributed by atoms with Crippen molar-refractivity contribution in [3.8, 4) is 0 Å². The lowest BCUT2D eigenvalue weighted by atomic mass is 10.1. The first-order chi connectivity index (χ1) is 9.56. The maximum Gasteiger partial charge on any atom is 0.224 e. The van der Waals surface area contributed by atoms with Gasteiger partial charge >= 0.3 is 0 Å². The number of hydrogen-bond donors (Lipinski definition) is 2. The van der Waals surface area contributed by atoms with E-state index in [1.165, 1.54) is 0 Å². The van der Waals surface area contributed by atoms with Gasteiger partial charge in [0.05, 0.1) is 11.2 Å². The highest BCUT2D eigenvalue weighted by Crippen LogP contribution is 2.20. The number of anilines is 2. The molecule has 0 saturated carbocycles. The number of nitrogens with one attached hydrogen (secondary N) is 1. The maximum atomic E-state index is 11.9. The highest BCUT2D eigenvalue weighted by Gasteiger charge is 2.06. The largest absolute Gasteiger partial charge is 0.398 e. The summed E-state index contributed by atoms with van der Waals surface area (Å²) in [6, 6.07) is 5.48. The normalized spacial score (nSPS) is 10.5. The average molecular weight is 293 g/mol. The predicted octanol–water partition coefficient (Wildman–Crippen LogP) is 2.85. The summed E-state index contributed by atoms with van der Waals surface area (Å²) in [5.74, 6) is -0.0306. The molecule has 0 aliphatic rings. The topological polar surface area (TPSA) is 72.9 Å². The number of nitrogens with two attached hydrogens (primary N) is 1. The third kappa shape index (κ3) is 3.74. The number of halogens is 1. The third-order valence-corrected chi connectivity index (χ3v) is 3.24. The molecule has 0 spiro atoms. The molecule has 1 amide bonds. The van der Waals surface area contributed by atoms with Crippen LogP contribution in [-0.2, 0) is 11.3 Å². The number of carbonyl (C=O) groups is 1. The average Bonchev–Trinajstić information content (AvgIpc) is 2.81. The molecule has 20 heavy (non-hydrogen) atoms. The van der Waals surface area contributed by atoms with Crippen molar-refractivity contribution in [3.05, 3.63) is 41.2 Å². The Morgan fingerprint density at radius 3 is 3.00 bits per heavy atom. The minimum Gasteiger partial charge on any atom is -0.398 e. The van der Waals surface area contributed by atoms with Crippen molar-refractivity contribution in [2.24, 2.45) is 0 Å². The number of hydrogen-bond acceptors (Lipinski definition) is 3. The fourth-order valence-electron chi connectivity index (χ4n) is 1.86. The highest BCUT2D eigenvalue weighted by molar-refractivity contribution is 6.30. The summed E-state index contributed by atoms with van der Waals surface area (Å²) in [4.78, 5) is 11.9. The molecule has 6 heteroatoms. The number of nitrogens with zero attached hydrogens (tertiary/aromatic N) is 2. The van der Waals surface area contributed by atoms with Crippen LogP contribution >= 0.6 is 11.6 Å². The molecule has 0 unspecified atom stereocenters. The Kier molecular flexibility index (Phi) is 4.63. The molecule has 2 aromatic rings. The number of amides is 1. The Bertz CT molecular complexity index is 609. The molecule has 0 radical (unpaired) electrons. The van der Waals surface area contributed by atoms with Gasteiger partial charge in [-0.05, 0) is 31.0 Å². The first-order valence-corrected chi connectivity index (χ1v) is 6.77. The summed E-state index contributed by atoms with van der Waals surface area (Å²) in [5.41, 5.74) is 8.12. The predicted molar refractivity (Wildman–Crippen MR) is 80.7 cm³/mol. The zero-order valence-electron chi connectivity index (χ0n) is 11.3. The Morgan fingerprint density at radius 2 is 2.30 bits per heavy atom. The van der Waals surface area contributed by atoms with Crippen LogP contribution in [0.1, 0.15) is 18.4 Å². The van der Waals surface area contributed by atoms with Crippen LogP contribution < -0.4 is 11.1 Å². The van der Waals surface area contributed by atoms with Crippen molar-refractivity contribution in [2.45, 2.75) is 26.3 Å². The summed E-state index contributed by atoms with van der Waals surface area (Å²) in [7, 11) is 0. The molecule has 1 aromatic carbocycles. The zero-order chi connectivity index (χ0) is 14.5. The van der Waals surface area contributed by atoms with Crippen molar-refractivity contribution in [1.82, 2.24) is 9.78 Å². The van der Waals surface area contributed by atoms with Crippen molar-refractivity contribution in [3.63, 3.8) is 0 Å². The molecule has 0 atom stereocenters. The van der Waals surface area contributed by atoms with Crippen molar-refractivity contribution in [1.29, 1.82) is 0 Å². The van der Waals surface area contributed by atoms with Gasteiger partial charge in [0.15, 0.2) is 0 Å². The molecule has 0 fully saturated rings. The fourth-order valence-corrected chi connectivity index (χ4v) is 2.02. The van der Waals surface area contributed by atoms with Crippen LogP contribution in [0.3, 0.4) is 0 Å². The van der Waals surface area contributed by atoms with Gasteiger partial charge in [-0.1, -0.05) is 17.7 Å². The lowest BCUT2D eigenvalue weighted by molar-refractivity contribution is -0.116. The van der Waals surface area contributed by atoms with Gasteiger partial charge in [-0.15, -0.1) is 0 Å². The zero-order valence-corrected chi connectivity index (χ0v) is 12.0. The molecule has 2 rings (SSSR count). The van der Waals surface area contributed by atoms with Gasteiger partial charge in [0.1, 0.15) is 0 Å². The summed E-state index contributed by atoms with van der Waals surface area (Å²) in [6.07, 6.45) is 4.44. The molecule has 0 saturated heterocycles. The number of aryl methyl sites for hydroxylation is 1. The van der Waals surface area contributed by atoms with E-state index in [1.807, 2.05) is 25.1 Å². The van der Waals surface area contributed by atoms with Crippen molar-refractivity contribution < 1.29 is 4.79 Å². The first kappa shape index (κ1) is 14.4. The van der Waals surface area contributed by atoms with E-state index in [-0.39, 0.29) is 5.91 Å². The molecule has 0 bridgehead atoms. The lowest BCUT2D eigenvalue weighted by Gasteiger charge is -2.10. The second-order valence-electron chi connectivity index (χ2n) is 4.59. The van der Waals surface area contributed by atoms with Crippen LogP contribution in [0, 0.1) is 6.92 Å². The van der Waals surface area contributed by atoms with Gasteiger partial charge in [-0.25, -0.2) is 0 Å². The summed E-state index contributed by atoms with van der Waals surface area (Å²) in [5, 5.41) is 7.53. The second kappa shape index (κ2) is 6.43. The van der Waals surface area contributed by atoms with E-state index in [0.717, 1.165) is 11.3 Å². The second-order valence-corrected chi connectivity index (χ2v) is 5.03. The molecular formula is C14H17ClN4O. The first-order valence-electron chi connectivity index (χ1n) is 6.39. The van der Waals surface area contributed by atoms with E-state index in [2.05, 4.69) is 10.4 Å². The molecular weight excluding hydrogens is 276 g/mol. The van der Waals surface area contributed by atoms with Crippen LogP contribution in [0.2, 0.25) is 5.02 Å². The summed E-state index contributed by atoms with van der Waals surface area (Å²) in [6.45, 7) is 2.55. The van der Waals surface area contributed by atoms with Crippen LogP contribution in [0.5, 0.6) is 0 Å². The van der Waals surface area contributed by atoms with Gasteiger partial charge in [-0.3, -0.25) is 9.48 Å². The van der Waals surface area contributed by atoms with Crippen LogP contribution in [-0.4, -0.2) is 15.7 Å². The van der Waals surface area contributed by atoms with Gasteiger partial charge in [0, 0.05) is 30.5 Å². The number of nitrogen functional groups attached to an aromatic ring is 1. The van der Waals surface area contributed by atoms with E-state index >= 15 is 0 Å². The summed E-state index contributed by atoms with van der Waals surface area (Å²) >= 11 is 5.77. The maximum absolute atomic E-state index is 11.9. The fraction of sp³-hybridized carbons (Fsp3) is 0.286. The van der Waals surface area contributed by atoms with E-state index in [1.54, 1.807) is 17.1 Å². The highest BCUT2D eigenvalue weighted by atomic mass is 35.5. The third-order valence-electron chi connectivity index (χ3n) is 3.04. The Labute approximate surface area is 122 Å². The number of aromatic nitrogens is 2. The van der Waals surface area contributed by atoms with Crippen LogP contribution in [0.25, 0.3) is 0 Å². The molecule has 0 aliphatic heterocycles. The minimum atomic E-state index is -0.0306. The molecule has 106 valence electrons. The van der Waals surface area contributed by atoms with Crippen LogP contribution in [0.4, 0.5) is 11.4 Å². The van der Waals surface area contributed by atoms with Crippen molar-refractivity contribution >= 4 is 28.9 Å². The Morgan fingerprint density at radius 1 is 1.50 bits per heavy atom. The van der Waals surface area contributed by atoms with Crippen molar-refractivity contribution in [2.75, 3.05) is 11.1 Å². The minimum absolute atomic E-state index is 0.0306. The van der Waals surface area contributed by atoms with E-state index in [4.69, 9.17) is 17.3 Å². The molecule has 5 nitrogen and oxygen atoms in total. The van der Waals surface area contributed by atoms with Gasteiger partial charge < -0.3 is 11.1 Å². The number of benzene rings is 1. The summed E-state index contributed by atoms with van der Waals surface area (Å²) < 4.78 is 1.72. The SMILES string of the molecule is Cc1c(N)cccc1NC(=O)CCCn1cc(Cl)cn1.